The third-order valence-corrected chi connectivity index (χ3v) is 6.19. The predicted octanol–water partition coefficient (Wildman–Crippen LogP) is 2.81. The fourth-order valence-electron chi connectivity index (χ4n) is 4.64. The molecule has 2 aliphatic rings. The van der Waals surface area contributed by atoms with Crippen molar-refractivity contribution in [1.82, 2.24) is 15.4 Å². The minimum absolute atomic E-state index is 0.0913. The SMILES string of the molecule is CC(=O)N1CCC[C@@]1(Cc1cc(-c2ccccc2)no1)C(=O)NC[C@H]1CCCOC1. The Kier molecular flexibility index (Phi) is 6.18. The maximum Gasteiger partial charge on any atom is 0.246 e. The van der Waals surface area contributed by atoms with Gasteiger partial charge in [0.1, 0.15) is 17.0 Å². The normalized spacial score (nSPS) is 24.0. The molecule has 0 bridgehead atoms. The fraction of sp³-hybridized carbons (Fsp3) is 0.522. The average Bonchev–Trinajstić information content (AvgIpc) is 3.41. The van der Waals surface area contributed by atoms with Gasteiger partial charge in [0.25, 0.3) is 0 Å². The lowest BCUT2D eigenvalue weighted by Crippen LogP contribution is -2.59. The van der Waals surface area contributed by atoms with E-state index in [-0.39, 0.29) is 11.8 Å². The highest BCUT2D eigenvalue weighted by Gasteiger charge is 2.49. The van der Waals surface area contributed by atoms with Crippen LogP contribution in [0.25, 0.3) is 11.3 Å². The van der Waals surface area contributed by atoms with Crippen LogP contribution in [0.15, 0.2) is 40.9 Å². The maximum atomic E-state index is 13.4. The van der Waals surface area contributed by atoms with Gasteiger partial charge in [0.15, 0.2) is 0 Å². The maximum absolute atomic E-state index is 13.4. The van der Waals surface area contributed by atoms with E-state index < -0.39 is 5.54 Å². The second kappa shape index (κ2) is 9.00. The number of hydrogen-bond donors (Lipinski definition) is 1. The van der Waals surface area contributed by atoms with Crippen LogP contribution in [-0.4, -0.2) is 53.7 Å². The van der Waals surface area contributed by atoms with Gasteiger partial charge in [-0.3, -0.25) is 9.59 Å². The number of amides is 2. The van der Waals surface area contributed by atoms with E-state index in [2.05, 4.69) is 10.5 Å². The number of rotatable bonds is 6. The van der Waals surface area contributed by atoms with E-state index in [1.165, 1.54) is 6.92 Å². The Morgan fingerprint density at radius 2 is 2.10 bits per heavy atom. The van der Waals surface area contributed by atoms with Crippen LogP contribution in [-0.2, 0) is 20.7 Å². The van der Waals surface area contributed by atoms with E-state index in [1.54, 1.807) is 4.90 Å². The summed E-state index contributed by atoms with van der Waals surface area (Å²) in [5.74, 6) is 0.727. The number of ether oxygens (including phenoxy) is 1. The van der Waals surface area contributed by atoms with Crippen LogP contribution < -0.4 is 5.32 Å². The Labute approximate surface area is 176 Å². The number of nitrogens with one attached hydrogen (secondary N) is 1. The van der Waals surface area contributed by atoms with Crippen LogP contribution >= 0.6 is 0 Å². The molecule has 2 aromatic rings. The Morgan fingerprint density at radius 3 is 2.83 bits per heavy atom. The van der Waals surface area contributed by atoms with Gasteiger partial charge in [0, 0.05) is 44.7 Å². The average molecular weight is 412 g/mol. The van der Waals surface area contributed by atoms with E-state index in [0.29, 0.717) is 44.2 Å². The number of carbonyl (C=O) groups excluding carboxylic acids is 2. The molecule has 30 heavy (non-hydrogen) atoms. The number of benzene rings is 1. The molecule has 1 aromatic carbocycles. The largest absolute Gasteiger partial charge is 0.381 e. The van der Waals surface area contributed by atoms with Gasteiger partial charge in [-0.1, -0.05) is 35.5 Å². The molecule has 0 unspecified atom stereocenters. The summed E-state index contributed by atoms with van der Waals surface area (Å²) in [5, 5.41) is 7.29. The van der Waals surface area contributed by atoms with Gasteiger partial charge in [-0.15, -0.1) is 0 Å². The van der Waals surface area contributed by atoms with E-state index >= 15 is 0 Å². The summed E-state index contributed by atoms with van der Waals surface area (Å²) in [6.07, 6.45) is 3.79. The molecule has 0 radical (unpaired) electrons. The highest BCUT2D eigenvalue weighted by Crippen LogP contribution is 2.34. The van der Waals surface area contributed by atoms with Crippen molar-refractivity contribution in [1.29, 1.82) is 0 Å². The number of nitrogens with zero attached hydrogens (tertiary/aromatic N) is 2. The lowest BCUT2D eigenvalue weighted by Gasteiger charge is -2.36. The van der Waals surface area contributed by atoms with E-state index in [1.807, 2.05) is 36.4 Å². The molecule has 7 heteroatoms. The molecule has 1 aromatic heterocycles. The summed E-state index contributed by atoms with van der Waals surface area (Å²) in [7, 11) is 0. The second-order valence-electron chi connectivity index (χ2n) is 8.32. The van der Waals surface area contributed by atoms with Gasteiger partial charge in [0.05, 0.1) is 6.61 Å². The second-order valence-corrected chi connectivity index (χ2v) is 8.32. The van der Waals surface area contributed by atoms with Crippen LogP contribution in [0.5, 0.6) is 0 Å². The first-order valence-electron chi connectivity index (χ1n) is 10.7. The molecular formula is C23H29N3O4. The first-order valence-corrected chi connectivity index (χ1v) is 10.7. The smallest absolute Gasteiger partial charge is 0.246 e. The van der Waals surface area contributed by atoms with Crippen molar-refractivity contribution in [3.05, 3.63) is 42.2 Å². The molecule has 1 N–H and O–H groups in total. The molecule has 4 rings (SSSR count). The summed E-state index contributed by atoms with van der Waals surface area (Å²) < 4.78 is 11.1. The van der Waals surface area contributed by atoms with Crippen LogP contribution in [0, 0.1) is 5.92 Å². The first kappa shape index (κ1) is 20.6. The first-order chi connectivity index (χ1) is 14.6. The highest BCUT2D eigenvalue weighted by atomic mass is 16.5. The van der Waals surface area contributed by atoms with Crippen LogP contribution in [0.1, 0.15) is 38.4 Å². The number of aromatic nitrogens is 1. The van der Waals surface area contributed by atoms with Crippen molar-refractivity contribution >= 4 is 11.8 Å². The Morgan fingerprint density at radius 1 is 1.27 bits per heavy atom. The predicted molar refractivity (Wildman–Crippen MR) is 112 cm³/mol. The monoisotopic (exact) mass is 411 g/mol. The molecule has 0 spiro atoms. The lowest BCUT2D eigenvalue weighted by atomic mass is 9.88. The lowest BCUT2D eigenvalue weighted by molar-refractivity contribution is -0.144. The molecule has 2 fully saturated rings. The van der Waals surface area contributed by atoms with Crippen molar-refractivity contribution in [2.24, 2.45) is 5.92 Å². The molecule has 2 atom stereocenters. The molecule has 2 saturated heterocycles. The van der Waals surface area contributed by atoms with E-state index in [9.17, 15) is 9.59 Å². The topological polar surface area (TPSA) is 84.7 Å². The van der Waals surface area contributed by atoms with Crippen LogP contribution in [0.2, 0.25) is 0 Å². The molecule has 3 heterocycles. The standard InChI is InChI=1S/C23H29N3O4/c1-17(27)26-11-6-10-23(26,22(28)24-15-18-7-5-12-29-16-18)14-20-13-21(25-30-20)19-8-3-2-4-9-19/h2-4,8-9,13,18H,5-7,10-12,14-16H2,1H3,(H,24,28)/t18-,23-/m1/s1. The van der Waals surface area contributed by atoms with Gasteiger partial charge in [-0.25, -0.2) is 0 Å². The van der Waals surface area contributed by atoms with Crippen LogP contribution in [0.3, 0.4) is 0 Å². The summed E-state index contributed by atoms with van der Waals surface area (Å²) in [6, 6.07) is 11.6. The van der Waals surface area contributed by atoms with Gasteiger partial charge in [-0.2, -0.15) is 0 Å². The van der Waals surface area contributed by atoms with Gasteiger partial charge >= 0.3 is 0 Å². The summed E-state index contributed by atoms with van der Waals surface area (Å²) in [6.45, 7) is 4.14. The van der Waals surface area contributed by atoms with E-state index in [4.69, 9.17) is 9.26 Å². The Balaban J connectivity index is 1.53. The van der Waals surface area contributed by atoms with Gasteiger partial charge in [0.2, 0.25) is 11.8 Å². The highest BCUT2D eigenvalue weighted by molar-refractivity contribution is 5.91. The zero-order valence-electron chi connectivity index (χ0n) is 17.4. The molecule has 160 valence electrons. The summed E-state index contributed by atoms with van der Waals surface area (Å²) in [4.78, 5) is 27.5. The number of carbonyl (C=O) groups is 2. The number of hydrogen-bond acceptors (Lipinski definition) is 5. The van der Waals surface area contributed by atoms with Crippen molar-refractivity contribution in [2.75, 3.05) is 26.3 Å². The molecule has 2 amide bonds. The van der Waals surface area contributed by atoms with Crippen molar-refractivity contribution in [3.8, 4) is 11.3 Å². The number of likely N-dealkylation sites (tertiary alicyclic amines) is 1. The fourth-order valence-corrected chi connectivity index (χ4v) is 4.64. The Hall–Kier alpha value is -2.67. The van der Waals surface area contributed by atoms with Gasteiger partial charge in [-0.05, 0) is 31.6 Å². The minimum Gasteiger partial charge on any atom is -0.381 e. The quantitative estimate of drug-likeness (QED) is 0.790. The zero-order chi connectivity index (χ0) is 21.0. The summed E-state index contributed by atoms with van der Waals surface area (Å²) >= 11 is 0. The van der Waals surface area contributed by atoms with Crippen molar-refractivity contribution in [3.63, 3.8) is 0 Å². The minimum atomic E-state index is -0.936. The molecule has 2 aliphatic heterocycles. The molecule has 0 aliphatic carbocycles. The zero-order valence-corrected chi connectivity index (χ0v) is 17.4. The molecular weight excluding hydrogens is 382 g/mol. The summed E-state index contributed by atoms with van der Waals surface area (Å²) in [5.41, 5.74) is 0.750. The molecule has 7 nitrogen and oxygen atoms in total. The Bertz CT molecular complexity index is 876. The van der Waals surface area contributed by atoms with Crippen molar-refractivity contribution < 1.29 is 18.8 Å². The van der Waals surface area contributed by atoms with Crippen LogP contribution in [0.4, 0.5) is 0 Å². The third kappa shape index (κ3) is 4.26. The van der Waals surface area contributed by atoms with Crippen molar-refractivity contribution in [2.45, 2.75) is 44.6 Å². The van der Waals surface area contributed by atoms with Gasteiger partial charge < -0.3 is 19.5 Å². The molecule has 0 saturated carbocycles. The van der Waals surface area contributed by atoms with E-state index in [0.717, 1.165) is 37.1 Å². The third-order valence-electron chi connectivity index (χ3n) is 6.19.